The molecule has 0 amide bonds. The predicted molar refractivity (Wildman–Crippen MR) is 49.1 cm³/mol. The normalized spacial score (nSPS) is 18.1. The smallest absolute Gasteiger partial charge is 0.165 e. The van der Waals surface area contributed by atoms with Crippen LogP contribution >= 0.6 is 0 Å². The average Bonchev–Trinajstić information content (AvgIpc) is 2.91. The molecule has 0 atom stereocenters. The van der Waals surface area contributed by atoms with Gasteiger partial charge in [0.2, 0.25) is 0 Å². The minimum absolute atomic E-state index is 0.263. The summed E-state index contributed by atoms with van der Waals surface area (Å²) in [6, 6.07) is 4.53. The first-order valence-corrected chi connectivity index (χ1v) is 4.49. The van der Waals surface area contributed by atoms with Crippen LogP contribution in [0, 0.1) is 5.82 Å². The van der Waals surface area contributed by atoms with Crippen molar-refractivity contribution in [3.05, 3.63) is 29.6 Å². The highest BCUT2D eigenvalue weighted by Gasteiger charge is 2.46. The summed E-state index contributed by atoms with van der Waals surface area (Å²) in [5.41, 5.74) is 0.337. The van der Waals surface area contributed by atoms with Crippen LogP contribution in [0.5, 0.6) is 5.75 Å². The van der Waals surface area contributed by atoms with E-state index < -0.39 is 5.82 Å². The zero-order valence-corrected chi connectivity index (χ0v) is 7.66. The fraction of sp³-hybridized carbons (Fsp3) is 0.400. The predicted octanol–water partition coefficient (Wildman–Crippen LogP) is 1.45. The van der Waals surface area contributed by atoms with Crippen molar-refractivity contribution in [3.63, 3.8) is 0 Å². The minimum atomic E-state index is -0.592. The van der Waals surface area contributed by atoms with E-state index in [9.17, 15) is 9.50 Å². The Bertz CT molecular complexity index is 350. The highest BCUT2D eigenvalue weighted by atomic mass is 19.1. The summed E-state index contributed by atoms with van der Waals surface area (Å²) in [5, 5.41) is 9.53. The van der Waals surface area contributed by atoms with Crippen LogP contribution in [0.3, 0.4) is 0 Å². The van der Waals surface area contributed by atoms with E-state index in [1.165, 1.54) is 6.07 Å². The molecule has 1 saturated carbocycles. The van der Waals surface area contributed by atoms with Gasteiger partial charge in [0, 0.05) is 11.0 Å². The quantitative estimate of drug-likeness (QED) is 0.721. The van der Waals surface area contributed by atoms with Crippen molar-refractivity contribution in [3.8, 4) is 5.75 Å². The maximum Gasteiger partial charge on any atom is 0.165 e. The molecule has 0 heterocycles. The van der Waals surface area contributed by atoms with Gasteiger partial charge in [-0.05, 0) is 18.9 Å². The molecule has 1 aromatic rings. The molecule has 0 spiro atoms. The number of aromatic hydroxyl groups is 1. The SMILES string of the molecule is NOCC1(c2cccc(F)c2O)CC1. The molecule has 0 radical (unpaired) electrons. The number of phenolic OH excluding ortho intramolecular Hbond substituents is 1. The van der Waals surface area contributed by atoms with Gasteiger partial charge in [0.05, 0.1) is 6.61 Å². The second-order valence-electron chi connectivity index (χ2n) is 3.73. The Hall–Kier alpha value is -1.13. The van der Waals surface area contributed by atoms with Gasteiger partial charge in [-0.25, -0.2) is 10.3 Å². The van der Waals surface area contributed by atoms with Crippen LogP contribution in [-0.4, -0.2) is 11.7 Å². The lowest BCUT2D eigenvalue weighted by atomic mass is 9.96. The van der Waals surface area contributed by atoms with E-state index in [0.717, 1.165) is 12.8 Å². The number of para-hydroxylation sites is 1. The molecule has 2 rings (SSSR count). The Labute approximate surface area is 81.3 Å². The lowest BCUT2D eigenvalue weighted by Gasteiger charge is -2.15. The molecular formula is C10H12FNO2. The van der Waals surface area contributed by atoms with Gasteiger partial charge in [-0.1, -0.05) is 12.1 Å². The van der Waals surface area contributed by atoms with Crippen molar-refractivity contribution >= 4 is 0 Å². The zero-order valence-electron chi connectivity index (χ0n) is 7.66. The van der Waals surface area contributed by atoms with Crippen LogP contribution in [0.15, 0.2) is 18.2 Å². The number of halogens is 1. The second-order valence-corrected chi connectivity index (χ2v) is 3.73. The van der Waals surface area contributed by atoms with E-state index in [4.69, 9.17) is 5.90 Å². The van der Waals surface area contributed by atoms with E-state index >= 15 is 0 Å². The van der Waals surface area contributed by atoms with Gasteiger partial charge < -0.3 is 9.94 Å². The third-order valence-corrected chi connectivity index (χ3v) is 2.77. The van der Waals surface area contributed by atoms with Crippen LogP contribution in [0.25, 0.3) is 0 Å². The van der Waals surface area contributed by atoms with Gasteiger partial charge in [0.25, 0.3) is 0 Å². The van der Waals surface area contributed by atoms with Gasteiger partial charge in [-0.3, -0.25) is 0 Å². The number of hydrogen-bond acceptors (Lipinski definition) is 3. The summed E-state index contributed by atoms with van der Waals surface area (Å²) in [6.07, 6.45) is 1.75. The number of hydrogen-bond donors (Lipinski definition) is 2. The van der Waals surface area contributed by atoms with Crippen LogP contribution in [0.1, 0.15) is 18.4 Å². The topological polar surface area (TPSA) is 55.5 Å². The number of benzene rings is 1. The highest BCUT2D eigenvalue weighted by Crippen LogP contribution is 2.51. The third-order valence-electron chi connectivity index (χ3n) is 2.77. The van der Waals surface area contributed by atoms with Crippen LogP contribution in [0.2, 0.25) is 0 Å². The van der Waals surface area contributed by atoms with Gasteiger partial charge in [-0.2, -0.15) is 0 Å². The molecule has 14 heavy (non-hydrogen) atoms. The van der Waals surface area contributed by atoms with E-state index in [2.05, 4.69) is 4.84 Å². The molecule has 1 fully saturated rings. The monoisotopic (exact) mass is 197 g/mol. The van der Waals surface area contributed by atoms with E-state index in [0.29, 0.717) is 12.2 Å². The molecule has 0 unspecified atom stereocenters. The van der Waals surface area contributed by atoms with E-state index in [1.807, 2.05) is 0 Å². The Balaban J connectivity index is 2.37. The largest absolute Gasteiger partial charge is 0.505 e. The third kappa shape index (κ3) is 1.36. The standard InChI is InChI=1S/C10H12FNO2/c11-8-3-1-2-7(9(8)13)10(4-5-10)6-14-12/h1-3,13H,4-6,12H2. The lowest BCUT2D eigenvalue weighted by molar-refractivity contribution is 0.115. The Morgan fingerprint density at radius 3 is 2.79 bits per heavy atom. The van der Waals surface area contributed by atoms with Crippen LogP contribution < -0.4 is 5.90 Å². The molecule has 0 aliphatic heterocycles. The van der Waals surface area contributed by atoms with Crippen molar-refractivity contribution in [1.29, 1.82) is 0 Å². The van der Waals surface area contributed by atoms with E-state index in [1.54, 1.807) is 12.1 Å². The van der Waals surface area contributed by atoms with Gasteiger partial charge in [-0.15, -0.1) is 0 Å². The van der Waals surface area contributed by atoms with E-state index in [-0.39, 0.29) is 11.2 Å². The highest BCUT2D eigenvalue weighted by molar-refractivity contribution is 5.43. The summed E-state index contributed by atoms with van der Waals surface area (Å²) in [5.74, 6) is 4.14. The molecular weight excluding hydrogens is 185 g/mol. The van der Waals surface area contributed by atoms with Crippen molar-refractivity contribution in [2.45, 2.75) is 18.3 Å². The maximum atomic E-state index is 13.1. The molecule has 3 nitrogen and oxygen atoms in total. The average molecular weight is 197 g/mol. The Morgan fingerprint density at radius 1 is 1.50 bits per heavy atom. The minimum Gasteiger partial charge on any atom is -0.505 e. The first kappa shape index (κ1) is 9.43. The first-order valence-electron chi connectivity index (χ1n) is 4.49. The molecule has 0 bridgehead atoms. The summed E-state index contributed by atoms with van der Waals surface area (Å²) < 4.78 is 13.1. The van der Waals surface area contributed by atoms with Crippen molar-refractivity contribution in [2.24, 2.45) is 5.90 Å². The van der Waals surface area contributed by atoms with Crippen LogP contribution in [0.4, 0.5) is 4.39 Å². The molecule has 0 saturated heterocycles. The molecule has 1 aromatic carbocycles. The van der Waals surface area contributed by atoms with Gasteiger partial charge >= 0.3 is 0 Å². The Kier molecular flexibility index (Phi) is 2.17. The number of nitrogens with two attached hydrogens (primary N) is 1. The second kappa shape index (κ2) is 3.22. The zero-order chi connectivity index (χ0) is 10.2. The van der Waals surface area contributed by atoms with Crippen molar-refractivity contribution < 1.29 is 14.3 Å². The van der Waals surface area contributed by atoms with Gasteiger partial charge in [0.1, 0.15) is 0 Å². The summed E-state index contributed by atoms with van der Waals surface area (Å²) >= 11 is 0. The fourth-order valence-corrected chi connectivity index (χ4v) is 1.75. The molecule has 1 aliphatic rings. The summed E-state index contributed by atoms with van der Waals surface area (Å²) in [7, 11) is 0. The number of rotatable bonds is 3. The molecule has 1 aliphatic carbocycles. The molecule has 4 heteroatoms. The van der Waals surface area contributed by atoms with Crippen molar-refractivity contribution in [1.82, 2.24) is 0 Å². The first-order chi connectivity index (χ1) is 6.69. The summed E-state index contributed by atoms with van der Waals surface area (Å²) in [4.78, 5) is 4.58. The molecule has 0 aromatic heterocycles. The summed E-state index contributed by atoms with van der Waals surface area (Å²) in [6.45, 7) is 0.323. The van der Waals surface area contributed by atoms with Crippen LogP contribution in [-0.2, 0) is 10.3 Å². The molecule has 3 N–H and O–H groups in total. The maximum absolute atomic E-state index is 13.1. The van der Waals surface area contributed by atoms with Crippen molar-refractivity contribution in [2.75, 3.05) is 6.61 Å². The Morgan fingerprint density at radius 2 is 2.21 bits per heavy atom. The van der Waals surface area contributed by atoms with Gasteiger partial charge in [0.15, 0.2) is 11.6 Å². The molecule has 76 valence electrons. The number of phenols is 1. The fourth-order valence-electron chi connectivity index (χ4n) is 1.75. The lowest BCUT2D eigenvalue weighted by Crippen LogP contribution is -2.18.